The SMILES string of the molecule is C=CCOC(=O)NC/C=C(/C)CCC=C(C)C. The van der Waals surface area contributed by atoms with Crippen LogP contribution in [0.3, 0.4) is 0 Å². The van der Waals surface area contributed by atoms with Crippen LogP contribution in [0.4, 0.5) is 4.79 Å². The van der Waals surface area contributed by atoms with E-state index in [0.717, 1.165) is 12.8 Å². The molecular formula is C14H23NO2. The molecule has 0 rings (SSSR count). The third kappa shape index (κ3) is 10.8. The second-order valence-corrected chi connectivity index (χ2v) is 4.14. The van der Waals surface area contributed by atoms with Gasteiger partial charge in [0.05, 0.1) is 0 Å². The Balaban J connectivity index is 3.72. The summed E-state index contributed by atoms with van der Waals surface area (Å²) in [5, 5.41) is 2.65. The summed E-state index contributed by atoms with van der Waals surface area (Å²) >= 11 is 0. The van der Waals surface area contributed by atoms with Gasteiger partial charge in [0, 0.05) is 6.54 Å². The minimum Gasteiger partial charge on any atom is -0.445 e. The van der Waals surface area contributed by atoms with Gasteiger partial charge in [0.25, 0.3) is 0 Å². The molecule has 0 spiro atoms. The topological polar surface area (TPSA) is 38.3 Å². The van der Waals surface area contributed by atoms with Gasteiger partial charge in [0.15, 0.2) is 0 Å². The Kier molecular flexibility index (Phi) is 8.84. The van der Waals surface area contributed by atoms with Crippen molar-refractivity contribution in [3.63, 3.8) is 0 Å². The maximum absolute atomic E-state index is 11.1. The minimum atomic E-state index is -0.404. The van der Waals surface area contributed by atoms with Gasteiger partial charge >= 0.3 is 6.09 Å². The largest absolute Gasteiger partial charge is 0.445 e. The molecule has 0 unspecified atom stereocenters. The van der Waals surface area contributed by atoms with Crippen LogP contribution in [0.5, 0.6) is 0 Å². The van der Waals surface area contributed by atoms with E-state index < -0.39 is 6.09 Å². The van der Waals surface area contributed by atoms with Gasteiger partial charge in [-0.25, -0.2) is 4.79 Å². The van der Waals surface area contributed by atoms with E-state index in [9.17, 15) is 4.79 Å². The summed E-state index contributed by atoms with van der Waals surface area (Å²) in [6, 6.07) is 0. The molecule has 17 heavy (non-hydrogen) atoms. The molecule has 1 N–H and O–H groups in total. The van der Waals surface area contributed by atoms with Gasteiger partial charge in [-0.1, -0.05) is 36.0 Å². The van der Waals surface area contributed by atoms with E-state index >= 15 is 0 Å². The first kappa shape index (κ1) is 15.5. The molecule has 3 heteroatoms. The Morgan fingerprint density at radius 1 is 1.29 bits per heavy atom. The fraction of sp³-hybridized carbons (Fsp3) is 0.500. The number of amides is 1. The van der Waals surface area contributed by atoms with Crippen molar-refractivity contribution in [2.75, 3.05) is 13.2 Å². The number of ether oxygens (including phenoxy) is 1. The number of alkyl carbamates (subject to hydrolysis) is 1. The fourth-order valence-electron chi connectivity index (χ4n) is 1.18. The normalized spacial score (nSPS) is 10.6. The molecule has 0 aliphatic heterocycles. The Hall–Kier alpha value is -1.51. The lowest BCUT2D eigenvalue weighted by Crippen LogP contribution is -2.24. The molecule has 0 aliphatic rings. The monoisotopic (exact) mass is 237 g/mol. The quantitative estimate of drug-likeness (QED) is 0.687. The number of carbonyl (C=O) groups is 1. The van der Waals surface area contributed by atoms with E-state index in [1.54, 1.807) is 6.08 Å². The van der Waals surface area contributed by atoms with Crippen LogP contribution >= 0.6 is 0 Å². The number of nitrogens with one attached hydrogen (secondary N) is 1. The highest BCUT2D eigenvalue weighted by atomic mass is 16.5. The Morgan fingerprint density at radius 3 is 2.59 bits per heavy atom. The molecule has 0 aromatic heterocycles. The first-order valence-corrected chi connectivity index (χ1v) is 5.86. The van der Waals surface area contributed by atoms with Crippen molar-refractivity contribution in [1.29, 1.82) is 0 Å². The van der Waals surface area contributed by atoms with Crippen LogP contribution in [-0.4, -0.2) is 19.2 Å². The van der Waals surface area contributed by atoms with E-state index in [4.69, 9.17) is 4.74 Å². The van der Waals surface area contributed by atoms with Crippen LogP contribution in [0, 0.1) is 0 Å². The van der Waals surface area contributed by atoms with Crippen LogP contribution in [0.15, 0.2) is 36.0 Å². The predicted octanol–water partition coefficient (Wildman–Crippen LogP) is 3.59. The molecule has 96 valence electrons. The van der Waals surface area contributed by atoms with E-state index in [-0.39, 0.29) is 6.61 Å². The van der Waals surface area contributed by atoms with Crippen LogP contribution in [-0.2, 0) is 4.74 Å². The summed E-state index contributed by atoms with van der Waals surface area (Å²) in [5.74, 6) is 0. The van der Waals surface area contributed by atoms with E-state index in [2.05, 4.69) is 38.7 Å². The molecule has 3 nitrogen and oxygen atoms in total. The summed E-state index contributed by atoms with van der Waals surface area (Å²) in [6.07, 6.45) is 7.43. The van der Waals surface area contributed by atoms with Gasteiger partial charge in [-0.05, 0) is 33.6 Å². The zero-order chi connectivity index (χ0) is 13.1. The lowest BCUT2D eigenvalue weighted by molar-refractivity contribution is 0.159. The molecule has 0 fully saturated rings. The number of rotatable bonds is 7. The van der Waals surface area contributed by atoms with Crippen molar-refractivity contribution in [3.8, 4) is 0 Å². The van der Waals surface area contributed by atoms with Gasteiger partial charge < -0.3 is 10.1 Å². The van der Waals surface area contributed by atoms with Crippen molar-refractivity contribution in [2.45, 2.75) is 33.6 Å². The number of carbonyl (C=O) groups excluding carboxylic acids is 1. The smallest absolute Gasteiger partial charge is 0.407 e. The number of hydrogen-bond donors (Lipinski definition) is 1. The molecule has 0 atom stereocenters. The van der Waals surface area contributed by atoms with Gasteiger partial charge in [-0.2, -0.15) is 0 Å². The average Bonchev–Trinajstić information content (AvgIpc) is 2.25. The van der Waals surface area contributed by atoms with Crippen LogP contribution in [0.2, 0.25) is 0 Å². The summed E-state index contributed by atoms with van der Waals surface area (Å²) in [5.41, 5.74) is 2.61. The maximum Gasteiger partial charge on any atom is 0.407 e. The molecule has 0 aromatic carbocycles. The highest BCUT2D eigenvalue weighted by molar-refractivity contribution is 5.67. The number of allylic oxidation sites excluding steroid dienone is 3. The highest BCUT2D eigenvalue weighted by Crippen LogP contribution is 2.05. The molecule has 0 aromatic rings. The molecular weight excluding hydrogens is 214 g/mol. The standard InChI is InChI=1S/C14H23NO2/c1-5-11-17-14(16)15-10-9-13(4)8-6-7-12(2)3/h5,7,9H,1,6,8,10-11H2,2-4H3,(H,15,16)/b13-9-. The zero-order valence-corrected chi connectivity index (χ0v) is 11.1. The predicted molar refractivity (Wildman–Crippen MR) is 72.0 cm³/mol. The molecule has 0 aliphatic carbocycles. The summed E-state index contributed by atoms with van der Waals surface area (Å²) in [7, 11) is 0. The van der Waals surface area contributed by atoms with Crippen molar-refractivity contribution >= 4 is 6.09 Å². The molecule has 0 heterocycles. The Bertz CT molecular complexity index is 299. The van der Waals surface area contributed by atoms with Gasteiger partial charge in [0.1, 0.15) is 6.61 Å². The van der Waals surface area contributed by atoms with E-state index in [0.29, 0.717) is 6.54 Å². The fourth-order valence-corrected chi connectivity index (χ4v) is 1.18. The molecule has 1 amide bonds. The third-order valence-corrected chi connectivity index (χ3v) is 2.12. The molecule has 0 saturated heterocycles. The second-order valence-electron chi connectivity index (χ2n) is 4.14. The molecule has 0 saturated carbocycles. The van der Waals surface area contributed by atoms with Gasteiger partial charge in [0.2, 0.25) is 0 Å². The maximum atomic E-state index is 11.1. The Labute approximate surface area is 104 Å². The lowest BCUT2D eigenvalue weighted by atomic mass is 10.1. The van der Waals surface area contributed by atoms with Crippen LogP contribution in [0.25, 0.3) is 0 Å². The minimum absolute atomic E-state index is 0.245. The van der Waals surface area contributed by atoms with Crippen molar-refractivity contribution in [1.82, 2.24) is 5.32 Å². The summed E-state index contributed by atoms with van der Waals surface area (Å²) < 4.78 is 4.78. The molecule has 0 radical (unpaired) electrons. The van der Waals surface area contributed by atoms with Crippen LogP contribution < -0.4 is 5.32 Å². The van der Waals surface area contributed by atoms with E-state index in [1.807, 2.05) is 6.08 Å². The zero-order valence-electron chi connectivity index (χ0n) is 11.1. The third-order valence-electron chi connectivity index (χ3n) is 2.12. The first-order valence-electron chi connectivity index (χ1n) is 5.86. The van der Waals surface area contributed by atoms with Gasteiger partial charge in [-0.15, -0.1) is 0 Å². The molecule has 0 bridgehead atoms. The summed E-state index contributed by atoms with van der Waals surface area (Å²) in [6.45, 7) is 10.5. The average molecular weight is 237 g/mol. The second kappa shape index (κ2) is 9.70. The van der Waals surface area contributed by atoms with E-state index in [1.165, 1.54) is 11.1 Å². The number of hydrogen-bond acceptors (Lipinski definition) is 2. The Morgan fingerprint density at radius 2 is 2.00 bits per heavy atom. The van der Waals surface area contributed by atoms with Crippen molar-refractivity contribution < 1.29 is 9.53 Å². The lowest BCUT2D eigenvalue weighted by Gasteiger charge is -2.03. The van der Waals surface area contributed by atoms with Gasteiger partial charge in [-0.3, -0.25) is 0 Å². The van der Waals surface area contributed by atoms with Crippen LogP contribution in [0.1, 0.15) is 33.6 Å². The summed E-state index contributed by atoms with van der Waals surface area (Å²) in [4.78, 5) is 11.1. The first-order chi connectivity index (χ1) is 8.06. The van der Waals surface area contributed by atoms with Crippen molar-refractivity contribution in [3.05, 3.63) is 36.0 Å². The van der Waals surface area contributed by atoms with Crippen molar-refractivity contribution in [2.24, 2.45) is 0 Å². The highest BCUT2D eigenvalue weighted by Gasteiger charge is 1.97.